The van der Waals surface area contributed by atoms with Crippen LogP contribution in [-0.2, 0) is 9.63 Å². The van der Waals surface area contributed by atoms with Gasteiger partial charge in [0, 0.05) is 12.8 Å². The van der Waals surface area contributed by atoms with Gasteiger partial charge in [0.25, 0.3) is 0 Å². The zero-order valence-electron chi connectivity index (χ0n) is 13.8. The topological polar surface area (TPSA) is 68.1 Å². The summed E-state index contributed by atoms with van der Waals surface area (Å²) >= 11 is 0. The second-order valence-electron chi connectivity index (χ2n) is 5.43. The molecule has 0 saturated heterocycles. The molecular weight excluding hydrogens is 294 g/mol. The lowest BCUT2D eigenvalue weighted by Crippen LogP contribution is -2.23. The fourth-order valence-corrected chi connectivity index (χ4v) is 2.76. The van der Waals surface area contributed by atoms with Crippen molar-refractivity contribution in [2.24, 2.45) is 5.16 Å². The summed E-state index contributed by atoms with van der Waals surface area (Å²) in [5.41, 5.74) is 1.86. The molecule has 1 aliphatic rings. The van der Waals surface area contributed by atoms with E-state index in [0.29, 0.717) is 37.2 Å². The summed E-state index contributed by atoms with van der Waals surface area (Å²) < 4.78 is 5.14. The first-order chi connectivity index (χ1) is 11.1. The predicted molar refractivity (Wildman–Crippen MR) is 89.0 cm³/mol. The Morgan fingerprint density at radius 2 is 1.96 bits per heavy atom. The largest absolute Gasteiger partial charge is 0.511 e. The van der Waals surface area contributed by atoms with Crippen LogP contribution in [0.3, 0.4) is 0 Å². The van der Waals surface area contributed by atoms with Crippen LogP contribution < -0.4 is 4.74 Å². The SMILES string of the molecule is CCON=C(CC)C1=C(O)CC(c2ccc(OC)cc2)CC1=O. The van der Waals surface area contributed by atoms with Gasteiger partial charge in [0.1, 0.15) is 18.1 Å². The van der Waals surface area contributed by atoms with Crippen LogP contribution in [-0.4, -0.2) is 30.3 Å². The van der Waals surface area contributed by atoms with E-state index in [-0.39, 0.29) is 17.5 Å². The third kappa shape index (κ3) is 3.92. The molecule has 0 amide bonds. The van der Waals surface area contributed by atoms with E-state index in [4.69, 9.17) is 9.57 Å². The number of Topliss-reactive ketones (excluding diaryl/α,β-unsaturated/α-hetero) is 1. The van der Waals surface area contributed by atoms with Gasteiger partial charge in [-0.05, 0) is 37.0 Å². The summed E-state index contributed by atoms with van der Waals surface area (Å²) in [5.74, 6) is 0.757. The highest BCUT2D eigenvalue weighted by molar-refractivity contribution is 6.23. The molecule has 1 aromatic rings. The van der Waals surface area contributed by atoms with Gasteiger partial charge >= 0.3 is 0 Å². The third-order valence-corrected chi connectivity index (χ3v) is 3.95. The number of rotatable bonds is 6. The minimum Gasteiger partial charge on any atom is -0.511 e. The molecule has 1 unspecified atom stereocenters. The third-order valence-electron chi connectivity index (χ3n) is 3.95. The Balaban J connectivity index is 2.24. The van der Waals surface area contributed by atoms with Crippen LogP contribution in [0.5, 0.6) is 5.75 Å². The normalized spacial score (nSPS) is 19.0. The van der Waals surface area contributed by atoms with Gasteiger partial charge in [-0.1, -0.05) is 24.2 Å². The summed E-state index contributed by atoms with van der Waals surface area (Å²) in [6.07, 6.45) is 1.33. The number of nitrogens with zero attached hydrogens (tertiary/aromatic N) is 1. The van der Waals surface area contributed by atoms with Gasteiger partial charge in [0.15, 0.2) is 5.78 Å². The molecule has 23 heavy (non-hydrogen) atoms. The van der Waals surface area contributed by atoms with Gasteiger partial charge in [0.05, 0.1) is 18.4 Å². The molecular formula is C18H23NO4. The number of oxime groups is 1. The Kier molecular flexibility index (Phi) is 5.79. The molecule has 1 atom stereocenters. The van der Waals surface area contributed by atoms with Crippen molar-refractivity contribution >= 4 is 11.5 Å². The summed E-state index contributed by atoms with van der Waals surface area (Å²) in [6.45, 7) is 4.15. The van der Waals surface area contributed by atoms with Crippen LogP contribution in [0.15, 0.2) is 40.8 Å². The summed E-state index contributed by atoms with van der Waals surface area (Å²) in [7, 11) is 1.62. The van der Waals surface area contributed by atoms with E-state index in [0.717, 1.165) is 11.3 Å². The smallest absolute Gasteiger partial charge is 0.168 e. The Morgan fingerprint density at radius 1 is 1.26 bits per heavy atom. The van der Waals surface area contributed by atoms with Crippen LogP contribution in [0.2, 0.25) is 0 Å². The molecule has 0 spiro atoms. The fourth-order valence-electron chi connectivity index (χ4n) is 2.76. The van der Waals surface area contributed by atoms with Crippen LogP contribution in [0.4, 0.5) is 0 Å². The van der Waals surface area contributed by atoms with Gasteiger partial charge in [-0.15, -0.1) is 0 Å². The van der Waals surface area contributed by atoms with E-state index in [1.165, 1.54) is 0 Å². The lowest BCUT2D eigenvalue weighted by molar-refractivity contribution is -0.116. The van der Waals surface area contributed by atoms with Crippen molar-refractivity contribution in [3.8, 4) is 5.75 Å². The molecule has 0 radical (unpaired) electrons. The number of aliphatic hydroxyl groups is 1. The second kappa shape index (κ2) is 7.81. The number of methoxy groups -OCH3 is 1. The number of hydrogen-bond donors (Lipinski definition) is 1. The lowest BCUT2D eigenvalue weighted by atomic mass is 9.81. The van der Waals surface area contributed by atoms with E-state index in [1.807, 2.05) is 38.1 Å². The van der Waals surface area contributed by atoms with Crippen molar-refractivity contribution in [3.63, 3.8) is 0 Å². The maximum atomic E-state index is 12.5. The number of aliphatic hydroxyl groups excluding tert-OH is 1. The Labute approximate surface area is 136 Å². The molecule has 0 bridgehead atoms. The van der Waals surface area contributed by atoms with E-state index in [9.17, 15) is 9.90 Å². The second-order valence-corrected chi connectivity index (χ2v) is 5.43. The molecule has 0 aliphatic heterocycles. The van der Waals surface area contributed by atoms with Crippen molar-refractivity contribution in [3.05, 3.63) is 41.2 Å². The van der Waals surface area contributed by atoms with E-state index < -0.39 is 0 Å². The first-order valence-corrected chi connectivity index (χ1v) is 7.89. The highest BCUT2D eigenvalue weighted by Gasteiger charge is 2.31. The molecule has 1 N–H and O–H groups in total. The number of ether oxygens (including phenoxy) is 1. The number of allylic oxidation sites excluding steroid dienone is 2. The average molecular weight is 317 g/mol. The molecule has 124 valence electrons. The first kappa shape index (κ1) is 17.1. The number of hydrogen-bond acceptors (Lipinski definition) is 5. The zero-order chi connectivity index (χ0) is 16.8. The van der Waals surface area contributed by atoms with Gasteiger partial charge in [-0.25, -0.2) is 0 Å². The fraction of sp³-hybridized carbons (Fsp3) is 0.444. The first-order valence-electron chi connectivity index (χ1n) is 7.89. The van der Waals surface area contributed by atoms with Crippen molar-refractivity contribution in [1.82, 2.24) is 0 Å². The molecule has 0 fully saturated rings. The highest BCUT2D eigenvalue weighted by Crippen LogP contribution is 2.35. The Hall–Kier alpha value is -2.30. The monoisotopic (exact) mass is 317 g/mol. The van der Waals surface area contributed by atoms with Crippen LogP contribution >= 0.6 is 0 Å². The molecule has 0 saturated carbocycles. The molecule has 0 heterocycles. The van der Waals surface area contributed by atoms with E-state index in [1.54, 1.807) is 7.11 Å². The molecule has 5 heteroatoms. The zero-order valence-corrected chi connectivity index (χ0v) is 13.8. The van der Waals surface area contributed by atoms with Crippen molar-refractivity contribution < 1.29 is 19.5 Å². The maximum Gasteiger partial charge on any atom is 0.168 e. The van der Waals surface area contributed by atoms with Crippen LogP contribution in [0, 0.1) is 0 Å². The molecule has 0 aromatic heterocycles. The van der Waals surface area contributed by atoms with Gasteiger partial charge in [-0.2, -0.15) is 0 Å². The highest BCUT2D eigenvalue weighted by atomic mass is 16.6. The van der Waals surface area contributed by atoms with Crippen LogP contribution in [0.1, 0.15) is 44.6 Å². The number of benzene rings is 1. The minimum absolute atomic E-state index is 0.0256. The quantitative estimate of drug-likeness (QED) is 0.641. The Morgan fingerprint density at radius 3 is 2.48 bits per heavy atom. The van der Waals surface area contributed by atoms with Crippen molar-refractivity contribution in [1.29, 1.82) is 0 Å². The molecule has 1 aliphatic carbocycles. The van der Waals surface area contributed by atoms with Crippen LogP contribution in [0.25, 0.3) is 0 Å². The van der Waals surface area contributed by atoms with E-state index >= 15 is 0 Å². The minimum atomic E-state index is -0.0881. The predicted octanol–water partition coefficient (Wildman–Crippen LogP) is 3.76. The number of carbonyl (C=O) groups excluding carboxylic acids is 1. The lowest BCUT2D eigenvalue weighted by Gasteiger charge is -2.24. The van der Waals surface area contributed by atoms with Gasteiger partial charge in [-0.3, -0.25) is 4.79 Å². The molecule has 1 aromatic carbocycles. The summed E-state index contributed by atoms with van der Waals surface area (Å²) in [5, 5.41) is 14.3. The standard InChI is InChI=1S/C18H23NO4/c1-4-15(19-23-5-2)18-16(20)10-13(11-17(18)21)12-6-8-14(22-3)9-7-12/h6-9,13,20H,4-5,10-11H2,1-3H3. The number of carbonyl (C=O) groups is 1. The van der Waals surface area contributed by atoms with Crippen molar-refractivity contribution in [2.45, 2.75) is 39.0 Å². The molecule has 2 rings (SSSR count). The van der Waals surface area contributed by atoms with E-state index in [2.05, 4.69) is 5.16 Å². The Bertz CT molecular complexity index is 616. The van der Waals surface area contributed by atoms with Gasteiger partial charge in [0.2, 0.25) is 0 Å². The van der Waals surface area contributed by atoms with Crippen molar-refractivity contribution in [2.75, 3.05) is 13.7 Å². The molecule has 5 nitrogen and oxygen atoms in total. The van der Waals surface area contributed by atoms with Gasteiger partial charge < -0.3 is 14.7 Å². The summed E-state index contributed by atoms with van der Waals surface area (Å²) in [6, 6.07) is 7.60. The summed E-state index contributed by atoms with van der Waals surface area (Å²) in [4.78, 5) is 17.5. The average Bonchev–Trinajstić information content (AvgIpc) is 2.57. The number of ketones is 1. The maximum absolute atomic E-state index is 12.5.